The first kappa shape index (κ1) is 12.1. The Morgan fingerprint density at radius 2 is 1.94 bits per heavy atom. The summed E-state index contributed by atoms with van der Waals surface area (Å²) in [4.78, 5) is 3.90. The first-order chi connectivity index (χ1) is 8.81. The molecule has 0 aliphatic heterocycles. The van der Waals surface area contributed by atoms with Gasteiger partial charge in [-0.1, -0.05) is 12.1 Å². The predicted octanol–water partition coefficient (Wildman–Crippen LogP) is 1.99. The molecule has 0 radical (unpaired) electrons. The van der Waals surface area contributed by atoms with E-state index in [-0.39, 0.29) is 0 Å². The van der Waals surface area contributed by atoms with E-state index in [1.54, 1.807) is 12.3 Å². The van der Waals surface area contributed by atoms with Crippen molar-refractivity contribution in [1.29, 1.82) is 5.26 Å². The van der Waals surface area contributed by atoms with Crippen molar-refractivity contribution >= 4 is 0 Å². The van der Waals surface area contributed by atoms with E-state index in [0.29, 0.717) is 18.8 Å². The van der Waals surface area contributed by atoms with Crippen LogP contribution in [-0.2, 0) is 13.2 Å². The lowest BCUT2D eigenvalue weighted by atomic mass is 10.2. The molecule has 1 aromatic carbocycles. The van der Waals surface area contributed by atoms with Crippen LogP contribution in [0.3, 0.4) is 0 Å². The molecule has 0 aliphatic rings. The van der Waals surface area contributed by atoms with Gasteiger partial charge in [0.05, 0.1) is 0 Å². The molecule has 2 rings (SSSR count). The Morgan fingerprint density at radius 1 is 1.17 bits per heavy atom. The molecule has 90 valence electrons. The largest absolute Gasteiger partial charge is 0.489 e. The van der Waals surface area contributed by atoms with Crippen LogP contribution in [0.4, 0.5) is 0 Å². The molecule has 0 unspecified atom stereocenters. The number of nitrogens with two attached hydrogens (primary N) is 1. The van der Waals surface area contributed by atoms with Gasteiger partial charge in [-0.3, -0.25) is 0 Å². The van der Waals surface area contributed by atoms with Gasteiger partial charge in [-0.25, -0.2) is 4.98 Å². The second-order valence-corrected chi connectivity index (χ2v) is 3.80. The SMILES string of the molecule is N#Cc1cc(COc2ccc(CN)cc2)ccn1. The summed E-state index contributed by atoms with van der Waals surface area (Å²) >= 11 is 0. The summed E-state index contributed by atoms with van der Waals surface area (Å²) in [5, 5.41) is 8.74. The lowest BCUT2D eigenvalue weighted by Gasteiger charge is -2.06. The fourth-order valence-electron chi connectivity index (χ4n) is 1.51. The first-order valence-electron chi connectivity index (χ1n) is 5.58. The van der Waals surface area contributed by atoms with Gasteiger partial charge in [-0.05, 0) is 35.4 Å². The van der Waals surface area contributed by atoms with Gasteiger partial charge in [0.2, 0.25) is 0 Å². The third-order valence-electron chi connectivity index (χ3n) is 2.50. The predicted molar refractivity (Wildman–Crippen MR) is 67.6 cm³/mol. The monoisotopic (exact) mass is 239 g/mol. The number of nitriles is 1. The van der Waals surface area contributed by atoms with Crippen LogP contribution >= 0.6 is 0 Å². The highest BCUT2D eigenvalue weighted by molar-refractivity contribution is 5.28. The minimum atomic E-state index is 0.398. The number of hydrogen-bond acceptors (Lipinski definition) is 4. The van der Waals surface area contributed by atoms with Gasteiger partial charge >= 0.3 is 0 Å². The molecular formula is C14H13N3O. The molecular weight excluding hydrogens is 226 g/mol. The molecule has 2 N–H and O–H groups in total. The summed E-state index contributed by atoms with van der Waals surface area (Å²) < 4.78 is 5.61. The summed E-state index contributed by atoms with van der Waals surface area (Å²) in [6.45, 7) is 0.940. The number of pyridine rings is 1. The van der Waals surface area contributed by atoms with Crippen LogP contribution in [0.25, 0.3) is 0 Å². The van der Waals surface area contributed by atoms with Crippen molar-refractivity contribution in [1.82, 2.24) is 4.98 Å². The zero-order valence-electron chi connectivity index (χ0n) is 9.84. The highest BCUT2D eigenvalue weighted by atomic mass is 16.5. The van der Waals surface area contributed by atoms with Crippen LogP contribution in [0.5, 0.6) is 5.75 Å². The fraction of sp³-hybridized carbons (Fsp3) is 0.143. The van der Waals surface area contributed by atoms with Gasteiger partial charge in [-0.2, -0.15) is 5.26 Å². The molecule has 0 saturated heterocycles. The van der Waals surface area contributed by atoms with Gasteiger partial charge < -0.3 is 10.5 Å². The van der Waals surface area contributed by atoms with E-state index >= 15 is 0 Å². The van der Waals surface area contributed by atoms with E-state index in [1.165, 1.54) is 0 Å². The van der Waals surface area contributed by atoms with Crippen molar-refractivity contribution in [3.63, 3.8) is 0 Å². The maximum atomic E-state index is 8.74. The molecule has 0 bridgehead atoms. The third-order valence-corrected chi connectivity index (χ3v) is 2.50. The summed E-state index contributed by atoms with van der Waals surface area (Å²) in [5.41, 5.74) is 7.90. The molecule has 1 heterocycles. The van der Waals surface area contributed by atoms with Crippen LogP contribution in [-0.4, -0.2) is 4.98 Å². The van der Waals surface area contributed by atoms with E-state index in [1.807, 2.05) is 36.4 Å². The van der Waals surface area contributed by atoms with Crippen LogP contribution in [0.2, 0.25) is 0 Å². The first-order valence-corrected chi connectivity index (χ1v) is 5.58. The summed E-state index contributed by atoms with van der Waals surface area (Å²) in [6.07, 6.45) is 1.61. The van der Waals surface area contributed by atoms with E-state index in [2.05, 4.69) is 4.98 Å². The summed E-state index contributed by atoms with van der Waals surface area (Å²) in [7, 11) is 0. The van der Waals surface area contributed by atoms with Gasteiger partial charge in [0, 0.05) is 12.7 Å². The number of nitrogens with zero attached hydrogens (tertiary/aromatic N) is 2. The molecule has 1 aromatic heterocycles. The number of ether oxygens (including phenoxy) is 1. The zero-order chi connectivity index (χ0) is 12.8. The van der Waals surface area contributed by atoms with Crippen LogP contribution < -0.4 is 10.5 Å². The molecule has 4 nitrogen and oxygen atoms in total. The van der Waals surface area contributed by atoms with E-state index in [4.69, 9.17) is 15.7 Å². The smallest absolute Gasteiger partial charge is 0.140 e. The summed E-state index contributed by atoms with van der Waals surface area (Å²) in [6, 6.07) is 13.2. The maximum Gasteiger partial charge on any atom is 0.140 e. The lowest BCUT2D eigenvalue weighted by molar-refractivity contribution is 0.306. The second kappa shape index (κ2) is 5.80. The van der Waals surface area contributed by atoms with Crippen molar-refractivity contribution < 1.29 is 4.74 Å². The van der Waals surface area contributed by atoms with Crippen molar-refractivity contribution in [3.8, 4) is 11.8 Å². The van der Waals surface area contributed by atoms with Crippen LogP contribution in [0.1, 0.15) is 16.8 Å². The molecule has 4 heteroatoms. The Bertz CT molecular complexity index is 558. The van der Waals surface area contributed by atoms with Gasteiger partial charge in [0.1, 0.15) is 24.1 Å². The van der Waals surface area contributed by atoms with E-state index in [9.17, 15) is 0 Å². The second-order valence-electron chi connectivity index (χ2n) is 3.80. The molecule has 0 saturated carbocycles. The van der Waals surface area contributed by atoms with Gasteiger partial charge in [0.15, 0.2) is 0 Å². The van der Waals surface area contributed by atoms with Crippen molar-refractivity contribution in [3.05, 3.63) is 59.4 Å². The Labute approximate surface area is 106 Å². The number of benzene rings is 1. The Kier molecular flexibility index (Phi) is 3.90. The standard InChI is InChI=1S/C14H13N3O/c15-8-11-1-3-14(4-2-11)18-10-12-5-6-17-13(7-12)9-16/h1-7H,8,10,15H2. The van der Waals surface area contributed by atoms with Crippen molar-refractivity contribution in [2.24, 2.45) is 5.73 Å². The highest BCUT2D eigenvalue weighted by Gasteiger charge is 1.98. The van der Waals surface area contributed by atoms with Crippen molar-refractivity contribution in [2.75, 3.05) is 0 Å². The lowest BCUT2D eigenvalue weighted by Crippen LogP contribution is -1.98. The third kappa shape index (κ3) is 3.06. The Hall–Kier alpha value is -2.38. The van der Waals surface area contributed by atoms with E-state index in [0.717, 1.165) is 16.9 Å². The topological polar surface area (TPSA) is 71.9 Å². The molecule has 2 aromatic rings. The molecule has 0 spiro atoms. The van der Waals surface area contributed by atoms with Crippen LogP contribution in [0.15, 0.2) is 42.6 Å². The maximum absolute atomic E-state index is 8.74. The quantitative estimate of drug-likeness (QED) is 0.885. The number of rotatable bonds is 4. The zero-order valence-corrected chi connectivity index (χ0v) is 9.84. The molecule has 18 heavy (non-hydrogen) atoms. The normalized spacial score (nSPS) is 9.78. The molecule has 0 amide bonds. The van der Waals surface area contributed by atoms with Gasteiger partial charge in [-0.15, -0.1) is 0 Å². The fourth-order valence-corrected chi connectivity index (χ4v) is 1.51. The van der Waals surface area contributed by atoms with Crippen molar-refractivity contribution in [2.45, 2.75) is 13.2 Å². The molecule has 0 fully saturated rings. The molecule has 0 atom stereocenters. The number of aromatic nitrogens is 1. The Morgan fingerprint density at radius 3 is 2.61 bits per heavy atom. The molecule has 0 aliphatic carbocycles. The average Bonchev–Trinajstić information content (AvgIpc) is 2.46. The summed E-state index contributed by atoms with van der Waals surface area (Å²) in [5.74, 6) is 0.780. The minimum absolute atomic E-state index is 0.398. The van der Waals surface area contributed by atoms with Crippen LogP contribution in [0, 0.1) is 11.3 Å². The number of hydrogen-bond donors (Lipinski definition) is 1. The average molecular weight is 239 g/mol. The van der Waals surface area contributed by atoms with E-state index < -0.39 is 0 Å². The highest BCUT2D eigenvalue weighted by Crippen LogP contribution is 2.14. The minimum Gasteiger partial charge on any atom is -0.489 e. The van der Waals surface area contributed by atoms with Gasteiger partial charge in [0.25, 0.3) is 0 Å². The Balaban J connectivity index is 2.00.